The zero-order chi connectivity index (χ0) is 16.7. The molecule has 0 saturated heterocycles. The molecule has 0 N–H and O–H groups in total. The molecule has 1 aromatic carbocycles. The summed E-state index contributed by atoms with van der Waals surface area (Å²) in [5, 5.41) is 1.38. The van der Waals surface area contributed by atoms with Crippen LogP contribution >= 0.6 is 34.5 Å². The summed E-state index contributed by atoms with van der Waals surface area (Å²) < 4.78 is 14.1. The van der Waals surface area contributed by atoms with Crippen molar-refractivity contribution in [3.63, 3.8) is 0 Å². The van der Waals surface area contributed by atoms with Crippen LogP contribution in [0.5, 0.6) is 0 Å². The van der Waals surface area contributed by atoms with Gasteiger partial charge in [0.25, 0.3) is 5.56 Å². The molecule has 0 atom stereocenters. The topological polar surface area (TPSA) is 34.9 Å². The lowest BCUT2D eigenvalue weighted by atomic mass is 10.0. The molecule has 3 nitrogen and oxygen atoms in total. The Morgan fingerprint density at radius 1 is 1.26 bits per heavy atom. The third-order valence-corrected chi connectivity index (χ3v) is 5.43. The number of fused-ring (bicyclic) bond motifs is 1. The third-order valence-electron chi connectivity index (χ3n) is 3.70. The first kappa shape index (κ1) is 16.4. The maximum Gasteiger partial charge on any atom is 0.262 e. The van der Waals surface area contributed by atoms with Crippen LogP contribution in [-0.4, -0.2) is 16.2 Å². The normalized spacial score (nSPS) is 11.3. The van der Waals surface area contributed by atoms with Crippen LogP contribution in [0, 0.1) is 13.8 Å². The molecule has 0 saturated carbocycles. The van der Waals surface area contributed by atoms with E-state index in [-0.39, 0.29) is 12.1 Å². The number of alkyl halides is 1. The summed E-state index contributed by atoms with van der Waals surface area (Å²) in [7, 11) is 0. The van der Waals surface area contributed by atoms with Crippen molar-refractivity contribution in [2.24, 2.45) is 0 Å². The van der Waals surface area contributed by atoms with Gasteiger partial charge in [0.15, 0.2) is 0 Å². The summed E-state index contributed by atoms with van der Waals surface area (Å²) in [4.78, 5) is 18.9. The van der Waals surface area contributed by atoms with Gasteiger partial charge in [-0.1, -0.05) is 29.3 Å². The number of nitrogens with zero attached hydrogens (tertiary/aromatic N) is 2. The summed E-state index contributed by atoms with van der Waals surface area (Å²) in [6.07, 6.45) is 0. The molecule has 0 aliphatic rings. The van der Waals surface area contributed by atoms with Crippen LogP contribution in [0.15, 0.2) is 23.0 Å². The first-order chi connectivity index (χ1) is 10.9. The van der Waals surface area contributed by atoms with Gasteiger partial charge in [-0.25, -0.2) is 9.37 Å². The Hall–Kier alpha value is -1.43. The van der Waals surface area contributed by atoms with Crippen molar-refractivity contribution in [3.05, 3.63) is 49.3 Å². The number of aromatic nitrogens is 2. The van der Waals surface area contributed by atoms with E-state index < -0.39 is 6.67 Å². The molecule has 0 aliphatic heterocycles. The Morgan fingerprint density at radius 2 is 2.00 bits per heavy atom. The van der Waals surface area contributed by atoms with Crippen molar-refractivity contribution < 1.29 is 4.39 Å². The van der Waals surface area contributed by atoms with Gasteiger partial charge in [-0.15, -0.1) is 11.3 Å². The molecule has 7 heteroatoms. The molecule has 23 heavy (non-hydrogen) atoms. The number of rotatable bonds is 3. The second-order valence-electron chi connectivity index (χ2n) is 5.15. The van der Waals surface area contributed by atoms with Crippen molar-refractivity contribution >= 4 is 44.8 Å². The smallest absolute Gasteiger partial charge is 0.262 e. The number of aryl methyl sites for hydroxylation is 2. The number of halogens is 3. The second kappa shape index (κ2) is 6.23. The van der Waals surface area contributed by atoms with Gasteiger partial charge in [-0.2, -0.15) is 0 Å². The largest absolute Gasteiger partial charge is 0.294 e. The first-order valence-electron chi connectivity index (χ1n) is 6.96. The van der Waals surface area contributed by atoms with Gasteiger partial charge < -0.3 is 0 Å². The van der Waals surface area contributed by atoms with Crippen LogP contribution in [0.1, 0.15) is 10.7 Å². The molecule has 0 bridgehead atoms. The van der Waals surface area contributed by atoms with Crippen molar-refractivity contribution in [1.82, 2.24) is 9.55 Å². The fraction of sp³-hybridized carbons (Fsp3) is 0.250. The van der Waals surface area contributed by atoms with E-state index in [1.165, 1.54) is 15.9 Å². The summed E-state index contributed by atoms with van der Waals surface area (Å²) in [5.74, 6) is 0.516. The lowest BCUT2D eigenvalue weighted by Crippen LogP contribution is -2.24. The molecular formula is C16H13Cl2FN2OS. The molecule has 0 radical (unpaired) electrons. The van der Waals surface area contributed by atoms with E-state index in [2.05, 4.69) is 4.98 Å². The maximum atomic E-state index is 12.8. The summed E-state index contributed by atoms with van der Waals surface area (Å²) in [5.41, 5.74) is 1.36. The average Bonchev–Trinajstić information content (AvgIpc) is 2.82. The second-order valence-corrected chi connectivity index (χ2v) is 7.16. The average molecular weight is 371 g/mol. The lowest BCUT2D eigenvalue weighted by molar-refractivity contribution is 0.435. The number of benzene rings is 1. The van der Waals surface area contributed by atoms with Gasteiger partial charge in [-0.3, -0.25) is 9.36 Å². The van der Waals surface area contributed by atoms with Crippen LogP contribution in [0.4, 0.5) is 4.39 Å². The Labute approximate surface area is 146 Å². The van der Waals surface area contributed by atoms with Gasteiger partial charge in [-0.05, 0) is 31.5 Å². The Balaban J connectivity index is 2.36. The van der Waals surface area contributed by atoms with Crippen LogP contribution in [-0.2, 0) is 6.54 Å². The predicted molar refractivity (Wildman–Crippen MR) is 94.8 cm³/mol. The van der Waals surface area contributed by atoms with Crippen LogP contribution in [0.25, 0.3) is 21.3 Å². The highest BCUT2D eigenvalue weighted by atomic mass is 35.5. The van der Waals surface area contributed by atoms with E-state index in [1.54, 1.807) is 19.1 Å². The van der Waals surface area contributed by atoms with Gasteiger partial charge in [0.05, 0.1) is 22.0 Å². The molecule has 3 aromatic rings. The minimum absolute atomic E-state index is 0.00329. The molecule has 0 unspecified atom stereocenters. The van der Waals surface area contributed by atoms with Crippen molar-refractivity contribution in [2.45, 2.75) is 20.4 Å². The molecule has 0 amide bonds. The van der Waals surface area contributed by atoms with Crippen molar-refractivity contribution in [2.75, 3.05) is 6.67 Å². The Morgan fingerprint density at radius 3 is 2.65 bits per heavy atom. The van der Waals surface area contributed by atoms with Gasteiger partial charge in [0.1, 0.15) is 17.3 Å². The van der Waals surface area contributed by atoms with Gasteiger partial charge >= 0.3 is 0 Å². The predicted octanol–water partition coefficient (Wildman–Crippen LogP) is 5.02. The fourth-order valence-electron chi connectivity index (χ4n) is 2.64. The zero-order valence-electron chi connectivity index (χ0n) is 12.5. The molecule has 2 aromatic heterocycles. The quantitative estimate of drug-likeness (QED) is 0.648. The molecule has 120 valence electrons. The molecule has 0 fully saturated rings. The first-order valence-corrected chi connectivity index (χ1v) is 8.53. The van der Waals surface area contributed by atoms with E-state index in [0.29, 0.717) is 26.1 Å². The lowest BCUT2D eigenvalue weighted by Gasteiger charge is -2.08. The standard InChI is InChI=1S/C16H13Cl2FN2OS/c1-8-13(10-3-4-11(17)12(18)7-10)14-15(23-8)20-9(2)21(6-5-19)16(14)22/h3-4,7H,5-6H2,1-2H3. The highest BCUT2D eigenvalue weighted by molar-refractivity contribution is 7.19. The molecule has 2 heterocycles. The summed E-state index contributed by atoms with van der Waals surface area (Å²) in [6.45, 7) is 3.03. The summed E-state index contributed by atoms with van der Waals surface area (Å²) >= 11 is 13.5. The van der Waals surface area contributed by atoms with E-state index >= 15 is 0 Å². The highest BCUT2D eigenvalue weighted by Gasteiger charge is 2.19. The number of thiophene rings is 1. The van der Waals surface area contributed by atoms with E-state index in [1.807, 2.05) is 13.0 Å². The minimum atomic E-state index is -0.612. The Kier molecular flexibility index (Phi) is 4.45. The molecule has 0 spiro atoms. The fourth-order valence-corrected chi connectivity index (χ4v) is 4.02. The van der Waals surface area contributed by atoms with E-state index in [9.17, 15) is 9.18 Å². The van der Waals surface area contributed by atoms with E-state index in [4.69, 9.17) is 23.2 Å². The van der Waals surface area contributed by atoms with Crippen LogP contribution < -0.4 is 5.56 Å². The minimum Gasteiger partial charge on any atom is -0.294 e. The van der Waals surface area contributed by atoms with Gasteiger partial charge in [0.2, 0.25) is 0 Å². The zero-order valence-corrected chi connectivity index (χ0v) is 14.8. The molecule has 3 rings (SSSR count). The van der Waals surface area contributed by atoms with Crippen molar-refractivity contribution in [1.29, 1.82) is 0 Å². The molecule has 0 aliphatic carbocycles. The molecular weight excluding hydrogens is 358 g/mol. The Bertz CT molecular complexity index is 965. The van der Waals surface area contributed by atoms with Crippen LogP contribution in [0.3, 0.4) is 0 Å². The van der Waals surface area contributed by atoms with Gasteiger partial charge in [0, 0.05) is 10.4 Å². The monoisotopic (exact) mass is 370 g/mol. The number of hydrogen-bond donors (Lipinski definition) is 0. The highest BCUT2D eigenvalue weighted by Crippen LogP contribution is 2.37. The number of hydrogen-bond acceptors (Lipinski definition) is 3. The maximum absolute atomic E-state index is 12.8. The summed E-state index contributed by atoms with van der Waals surface area (Å²) in [6, 6.07) is 5.25. The van der Waals surface area contributed by atoms with Crippen LogP contribution in [0.2, 0.25) is 10.0 Å². The van der Waals surface area contributed by atoms with Crippen molar-refractivity contribution in [3.8, 4) is 11.1 Å². The SMILES string of the molecule is Cc1sc2nc(C)n(CCF)c(=O)c2c1-c1ccc(Cl)c(Cl)c1. The van der Waals surface area contributed by atoms with E-state index in [0.717, 1.165) is 16.0 Å². The third kappa shape index (κ3) is 2.77.